The maximum absolute atomic E-state index is 12.1. The van der Waals surface area contributed by atoms with Crippen LogP contribution in [0.4, 0.5) is 0 Å². The van der Waals surface area contributed by atoms with E-state index in [9.17, 15) is 4.79 Å². The summed E-state index contributed by atoms with van der Waals surface area (Å²) < 4.78 is 27.1. The van der Waals surface area contributed by atoms with Crippen LogP contribution in [0.3, 0.4) is 0 Å². The molecule has 0 aliphatic rings. The molecular weight excluding hydrogens is 346 g/mol. The van der Waals surface area contributed by atoms with E-state index >= 15 is 0 Å². The molecule has 0 saturated heterocycles. The molecule has 8 heteroatoms. The van der Waals surface area contributed by atoms with Gasteiger partial charge in [-0.15, -0.1) is 11.3 Å². The lowest BCUT2D eigenvalue weighted by Gasteiger charge is -2.17. The fourth-order valence-electron chi connectivity index (χ4n) is 2.58. The van der Waals surface area contributed by atoms with Crippen molar-refractivity contribution in [3.63, 3.8) is 0 Å². The Balaban J connectivity index is 2.43. The number of methoxy groups -OCH3 is 5. The number of carbonyl (C=O) groups is 1. The molecule has 2 aromatic rings. The molecule has 0 fully saturated rings. The Bertz CT molecular complexity index is 725. The van der Waals surface area contributed by atoms with E-state index in [2.05, 4.69) is 5.32 Å². The van der Waals surface area contributed by atoms with Crippen LogP contribution in [0.5, 0.6) is 11.5 Å². The van der Waals surface area contributed by atoms with Crippen LogP contribution >= 0.6 is 11.3 Å². The molecule has 0 radical (unpaired) electrons. The third-order valence-corrected chi connectivity index (χ3v) is 4.82. The number of benzene rings is 1. The Morgan fingerprint density at radius 1 is 1.16 bits per heavy atom. The standard InChI is InChI=1S/C17H23NO6S/c1-20-12-6-10(7-18-8-13(21-2)22-3)15(23-4)14-11(17(19)24-5)9-25-16(12)14/h6,9,13,18H,7-8H2,1-5H3. The molecule has 7 nitrogen and oxygen atoms in total. The predicted molar refractivity (Wildman–Crippen MR) is 95.8 cm³/mol. The lowest BCUT2D eigenvalue weighted by atomic mass is 10.1. The summed E-state index contributed by atoms with van der Waals surface area (Å²) in [6.07, 6.45) is -0.344. The zero-order valence-corrected chi connectivity index (χ0v) is 15.8. The van der Waals surface area contributed by atoms with Crippen molar-refractivity contribution in [1.29, 1.82) is 0 Å². The predicted octanol–water partition coefficient (Wildman–Crippen LogP) is 2.41. The summed E-state index contributed by atoms with van der Waals surface area (Å²) in [5.41, 5.74) is 1.33. The van der Waals surface area contributed by atoms with Crippen molar-refractivity contribution in [2.75, 3.05) is 42.1 Å². The topological polar surface area (TPSA) is 75.3 Å². The minimum absolute atomic E-state index is 0.344. The molecular formula is C17H23NO6S. The quantitative estimate of drug-likeness (QED) is 0.537. The monoisotopic (exact) mass is 369 g/mol. The van der Waals surface area contributed by atoms with Crippen molar-refractivity contribution in [3.8, 4) is 11.5 Å². The molecule has 0 spiro atoms. The van der Waals surface area contributed by atoms with E-state index in [1.165, 1.54) is 18.4 Å². The number of hydrogen-bond acceptors (Lipinski definition) is 8. The second-order valence-electron chi connectivity index (χ2n) is 5.15. The first-order valence-electron chi connectivity index (χ1n) is 7.60. The van der Waals surface area contributed by atoms with Crippen LogP contribution in [0, 0.1) is 0 Å². The van der Waals surface area contributed by atoms with E-state index in [4.69, 9.17) is 23.7 Å². The Kier molecular flexibility index (Phi) is 7.01. The van der Waals surface area contributed by atoms with Crippen LogP contribution in [-0.4, -0.2) is 54.4 Å². The molecule has 1 heterocycles. The highest BCUT2D eigenvalue weighted by molar-refractivity contribution is 7.18. The highest BCUT2D eigenvalue weighted by Gasteiger charge is 2.22. The number of carbonyl (C=O) groups excluding carboxylic acids is 1. The SMILES string of the molecule is COC(=O)c1csc2c(OC)cc(CNCC(OC)OC)c(OC)c12. The minimum Gasteiger partial charge on any atom is -0.496 e. The van der Waals surface area contributed by atoms with Crippen LogP contribution in [0.15, 0.2) is 11.4 Å². The number of hydrogen-bond donors (Lipinski definition) is 1. The molecule has 0 aliphatic carbocycles. The highest BCUT2D eigenvalue weighted by atomic mass is 32.1. The molecule has 25 heavy (non-hydrogen) atoms. The van der Waals surface area contributed by atoms with E-state index in [-0.39, 0.29) is 6.29 Å². The van der Waals surface area contributed by atoms with Gasteiger partial charge in [-0.2, -0.15) is 0 Å². The van der Waals surface area contributed by atoms with Crippen molar-refractivity contribution in [3.05, 3.63) is 22.6 Å². The molecule has 138 valence electrons. The Morgan fingerprint density at radius 2 is 1.88 bits per heavy atom. The summed E-state index contributed by atoms with van der Waals surface area (Å²) in [5.74, 6) is 0.898. The molecule has 0 unspecified atom stereocenters. The van der Waals surface area contributed by atoms with E-state index in [0.29, 0.717) is 35.5 Å². The van der Waals surface area contributed by atoms with Crippen LogP contribution in [0.1, 0.15) is 15.9 Å². The summed E-state index contributed by atoms with van der Waals surface area (Å²) in [6, 6.07) is 1.90. The van der Waals surface area contributed by atoms with Crippen LogP contribution < -0.4 is 14.8 Å². The number of nitrogens with one attached hydrogen (secondary N) is 1. The normalized spacial score (nSPS) is 11.1. The van der Waals surface area contributed by atoms with Gasteiger partial charge in [0.1, 0.15) is 11.5 Å². The van der Waals surface area contributed by atoms with Crippen molar-refractivity contribution in [2.24, 2.45) is 0 Å². The van der Waals surface area contributed by atoms with Gasteiger partial charge in [-0.1, -0.05) is 0 Å². The largest absolute Gasteiger partial charge is 0.496 e. The number of rotatable bonds is 9. The maximum Gasteiger partial charge on any atom is 0.339 e. The zero-order chi connectivity index (χ0) is 18.4. The zero-order valence-electron chi connectivity index (χ0n) is 15.0. The molecule has 1 aromatic carbocycles. The highest BCUT2D eigenvalue weighted by Crippen LogP contribution is 2.42. The van der Waals surface area contributed by atoms with Crippen molar-refractivity contribution in [1.82, 2.24) is 5.32 Å². The third-order valence-electron chi connectivity index (χ3n) is 3.82. The second kappa shape index (κ2) is 9.00. The minimum atomic E-state index is -0.407. The van der Waals surface area contributed by atoms with Gasteiger partial charge in [-0.3, -0.25) is 0 Å². The Labute approximate surface area is 150 Å². The fraction of sp³-hybridized carbons (Fsp3) is 0.471. The first-order valence-corrected chi connectivity index (χ1v) is 8.48. The van der Waals surface area contributed by atoms with Gasteiger partial charge in [0.25, 0.3) is 0 Å². The third kappa shape index (κ3) is 4.04. The lowest BCUT2D eigenvalue weighted by Crippen LogP contribution is -2.29. The summed E-state index contributed by atoms with van der Waals surface area (Å²) >= 11 is 1.42. The van der Waals surface area contributed by atoms with Gasteiger partial charge in [0, 0.05) is 38.3 Å². The molecule has 0 saturated carbocycles. The second-order valence-corrected chi connectivity index (χ2v) is 6.03. The van der Waals surface area contributed by atoms with Gasteiger partial charge in [-0.25, -0.2) is 4.79 Å². The molecule has 0 bridgehead atoms. The van der Waals surface area contributed by atoms with E-state index in [0.717, 1.165) is 10.3 Å². The van der Waals surface area contributed by atoms with Crippen LogP contribution in [-0.2, 0) is 20.8 Å². The van der Waals surface area contributed by atoms with Crippen molar-refractivity contribution < 1.29 is 28.5 Å². The number of thiophene rings is 1. The van der Waals surface area contributed by atoms with E-state index in [1.54, 1.807) is 33.8 Å². The smallest absolute Gasteiger partial charge is 0.339 e. The molecule has 1 N–H and O–H groups in total. The summed E-state index contributed by atoms with van der Waals surface area (Å²) in [4.78, 5) is 12.1. The summed E-state index contributed by atoms with van der Waals surface area (Å²) in [7, 11) is 7.70. The van der Waals surface area contributed by atoms with Gasteiger partial charge < -0.3 is 29.0 Å². The average molecular weight is 369 g/mol. The number of esters is 1. The van der Waals surface area contributed by atoms with Crippen LogP contribution in [0.25, 0.3) is 10.1 Å². The van der Waals surface area contributed by atoms with Crippen molar-refractivity contribution in [2.45, 2.75) is 12.8 Å². The van der Waals surface area contributed by atoms with Gasteiger partial charge in [0.2, 0.25) is 0 Å². The molecule has 0 aliphatic heterocycles. The molecule has 2 rings (SSSR count). The average Bonchev–Trinajstić information content (AvgIpc) is 3.08. The summed E-state index contributed by atoms with van der Waals surface area (Å²) in [5, 5.41) is 5.71. The van der Waals surface area contributed by atoms with E-state index in [1.807, 2.05) is 6.07 Å². The van der Waals surface area contributed by atoms with Gasteiger partial charge >= 0.3 is 5.97 Å². The first-order chi connectivity index (χ1) is 12.1. The van der Waals surface area contributed by atoms with Crippen molar-refractivity contribution >= 4 is 27.4 Å². The number of ether oxygens (including phenoxy) is 5. The lowest BCUT2D eigenvalue weighted by molar-refractivity contribution is -0.0989. The molecule has 0 atom stereocenters. The van der Waals surface area contributed by atoms with Crippen LogP contribution in [0.2, 0.25) is 0 Å². The Hall–Kier alpha value is -1.87. The summed E-state index contributed by atoms with van der Waals surface area (Å²) in [6.45, 7) is 0.999. The maximum atomic E-state index is 12.1. The fourth-order valence-corrected chi connectivity index (χ4v) is 3.61. The van der Waals surface area contributed by atoms with Gasteiger partial charge in [0.05, 0.1) is 37.0 Å². The van der Waals surface area contributed by atoms with Gasteiger partial charge in [-0.05, 0) is 6.07 Å². The van der Waals surface area contributed by atoms with Gasteiger partial charge in [0.15, 0.2) is 6.29 Å². The molecule has 1 aromatic heterocycles. The Morgan fingerprint density at radius 3 is 2.44 bits per heavy atom. The number of fused-ring (bicyclic) bond motifs is 1. The molecule has 0 amide bonds. The first kappa shape index (κ1) is 19.5. The van der Waals surface area contributed by atoms with E-state index < -0.39 is 5.97 Å².